The lowest BCUT2D eigenvalue weighted by atomic mass is 9.85. The first-order chi connectivity index (χ1) is 29.5. The molecule has 13 heteroatoms. The summed E-state index contributed by atoms with van der Waals surface area (Å²) in [6.07, 6.45) is 36.0. The minimum absolute atomic E-state index is 0.131. The molecule has 0 aliphatic heterocycles. The number of aliphatic hydroxyl groups excluding tert-OH is 5. The fourth-order valence-corrected chi connectivity index (χ4v) is 7.92. The molecule has 0 radical (unpaired) electrons. The monoisotopic (exact) mass is 885 g/mol. The summed E-state index contributed by atoms with van der Waals surface area (Å²) in [6, 6.07) is 0. The summed E-state index contributed by atoms with van der Waals surface area (Å²) in [5, 5.41) is 50.2. The van der Waals surface area contributed by atoms with Gasteiger partial charge >= 0.3 is 13.8 Å². The molecule has 1 rings (SSSR count). The van der Waals surface area contributed by atoms with Crippen LogP contribution in [0.2, 0.25) is 0 Å². The standard InChI is InChI=1S/C48H85O12P/c1-3-5-7-9-11-13-15-17-19-21-22-23-25-27-29-31-33-35-37-42(49)59-41(40-58-61(55,56)60-48-46(53)44(51)43(50)45(52)47(48)54)39-57-38-36-34-32-30-28-26-24-20-18-16-14-12-10-8-6-4-2/h6,8,12,14,18,20,26,28,32,34,41,43-48,50-54H,3-5,7,9-11,13,15-17,19,21-25,27,29-31,33,35-40H2,1-2H3,(H,55,56)/b8-6-,14-12-,20-18-,28-26-,34-32-. The highest BCUT2D eigenvalue weighted by atomic mass is 31.2. The molecule has 0 aromatic rings. The number of esters is 1. The summed E-state index contributed by atoms with van der Waals surface area (Å²) in [6.45, 7) is 3.94. The van der Waals surface area contributed by atoms with Crippen molar-refractivity contribution in [2.24, 2.45) is 0 Å². The van der Waals surface area contributed by atoms with Gasteiger partial charge in [0.05, 0.1) is 19.8 Å². The van der Waals surface area contributed by atoms with E-state index in [4.69, 9.17) is 18.5 Å². The molecule has 6 atom stereocenters. The predicted molar refractivity (Wildman–Crippen MR) is 244 cm³/mol. The summed E-state index contributed by atoms with van der Waals surface area (Å²) in [4.78, 5) is 23.2. The predicted octanol–water partition coefficient (Wildman–Crippen LogP) is 9.81. The van der Waals surface area contributed by atoms with Crippen molar-refractivity contribution in [3.8, 4) is 0 Å². The maximum atomic E-state index is 12.8. The molecule has 0 saturated heterocycles. The minimum Gasteiger partial charge on any atom is -0.457 e. The summed E-state index contributed by atoms with van der Waals surface area (Å²) < 4.78 is 34.1. The van der Waals surface area contributed by atoms with E-state index in [1.165, 1.54) is 89.9 Å². The fourth-order valence-electron chi connectivity index (χ4n) is 6.95. The Balaban J connectivity index is 2.43. The van der Waals surface area contributed by atoms with E-state index in [0.29, 0.717) is 19.4 Å². The zero-order valence-corrected chi connectivity index (χ0v) is 38.6. The highest BCUT2D eigenvalue weighted by molar-refractivity contribution is 7.47. The van der Waals surface area contributed by atoms with Gasteiger partial charge in [0.1, 0.15) is 42.7 Å². The van der Waals surface area contributed by atoms with Crippen molar-refractivity contribution in [2.45, 2.75) is 217 Å². The molecular formula is C48H85O12P. The molecule has 0 heterocycles. The van der Waals surface area contributed by atoms with Crippen molar-refractivity contribution in [3.05, 3.63) is 60.8 Å². The van der Waals surface area contributed by atoms with Gasteiger partial charge in [0, 0.05) is 6.42 Å². The van der Waals surface area contributed by atoms with Crippen molar-refractivity contribution in [1.29, 1.82) is 0 Å². The van der Waals surface area contributed by atoms with E-state index in [-0.39, 0.29) is 13.0 Å². The Bertz CT molecular complexity index is 1240. The third-order valence-electron chi connectivity index (χ3n) is 10.7. The summed E-state index contributed by atoms with van der Waals surface area (Å²) >= 11 is 0. The number of carbonyl (C=O) groups is 1. The van der Waals surface area contributed by atoms with E-state index in [1.807, 2.05) is 12.2 Å². The molecule has 61 heavy (non-hydrogen) atoms. The van der Waals surface area contributed by atoms with Crippen LogP contribution in [0.15, 0.2) is 60.8 Å². The van der Waals surface area contributed by atoms with Crippen LogP contribution in [0.1, 0.15) is 174 Å². The van der Waals surface area contributed by atoms with Gasteiger partial charge in [-0.15, -0.1) is 0 Å². The first-order valence-electron chi connectivity index (χ1n) is 23.6. The zero-order valence-electron chi connectivity index (χ0n) is 37.7. The lowest BCUT2D eigenvalue weighted by Gasteiger charge is -2.41. The molecule has 354 valence electrons. The summed E-state index contributed by atoms with van der Waals surface area (Å²) in [7, 11) is -5.04. The Kier molecular flexibility index (Phi) is 36.0. The normalized spacial score (nSPS) is 22.7. The molecule has 0 bridgehead atoms. The third-order valence-corrected chi connectivity index (χ3v) is 11.7. The Morgan fingerprint density at radius 3 is 1.38 bits per heavy atom. The van der Waals surface area contributed by atoms with Crippen molar-refractivity contribution in [1.82, 2.24) is 0 Å². The Labute approximate surface area is 368 Å². The number of phosphoric ester groups is 1. The number of allylic oxidation sites excluding steroid dienone is 9. The van der Waals surface area contributed by atoms with Gasteiger partial charge < -0.3 is 39.9 Å². The van der Waals surface area contributed by atoms with E-state index >= 15 is 0 Å². The maximum absolute atomic E-state index is 12.8. The first kappa shape index (κ1) is 57.1. The maximum Gasteiger partial charge on any atom is 0.472 e. The summed E-state index contributed by atoms with van der Waals surface area (Å²) in [5.74, 6) is -0.501. The number of unbranched alkanes of at least 4 members (excludes halogenated alkanes) is 17. The topological polar surface area (TPSA) is 192 Å². The third kappa shape index (κ3) is 30.7. The quantitative estimate of drug-likeness (QED) is 0.0148. The lowest BCUT2D eigenvalue weighted by Crippen LogP contribution is -2.64. The van der Waals surface area contributed by atoms with E-state index in [9.17, 15) is 39.8 Å². The molecular weight excluding hydrogens is 799 g/mol. The van der Waals surface area contributed by atoms with E-state index in [1.54, 1.807) is 0 Å². The molecule has 6 N–H and O–H groups in total. The highest BCUT2D eigenvalue weighted by Gasteiger charge is 2.51. The Morgan fingerprint density at radius 1 is 0.541 bits per heavy atom. The lowest BCUT2D eigenvalue weighted by molar-refractivity contribution is -0.220. The van der Waals surface area contributed by atoms with Crippen LogP contribution in [-0.4, -0.2) is 98.9 Å². The van der Waals surface area contributed by atoms with Gasteiger partial charge in [-0.3, -0.25) is 13.8 Å². The molecule has 1 saturated carbocycles. The number of phosphoric acid groups is 1. The van der Waals surface area contributed by atoms with Gasteiger partial charge in [-0.05, 0) is 44.9 Å². The van der Waals surface area contributed by atoms with E-state index < -0.39 is 63.1 Å². The number of hydrogen-bond donors (Lipinski definition) is 6. The number of carbonyl (C=O) groups excluding carboxylic acids is 1. The first-order valence-corrected chi connectivity index (χ1v) is 25.1. The molecule has 1 aliphatic rings. The molecule has 6 unspecified atom stereocenters. The van der Waals surface area contributed by atoms with Crippen molar-refractivity contribution in [3.63, 3.8) is 0 Å². The van der Waals surface area contributed by atoms with Crippen LogP contribution in [-0.2, 0) is 27.9 Å². The van der Waals surface area contributed by atoms with Crippen LogP contribution in [0.5, 0.6) is 0 Å². The minimum atomic E-state index is -5.04. The molecule has 0 amide bonds. The van der Waals surface area contributed by atoms with Crippen LogP contribution in [0.4, 0.5) is 0 Å². The number of rotatable bonds is 39. The average Bonchev–Trinajstić information content (AvgIpc) is 3.24. The van der Waals surface area contributed by atoms with E-state index in [2.05, 4.69) is 62.5 Å². The van der Waals surface area contributed by atoms with Crippen LogP contribution in [0.3, 0.4) is 0 Å². The largest absolute Gasteiger partial charge is 0.472 e. The van der Waals surface area contributed by atoms with Crippen LogP contribution in [0.25, 0.3) is 0 Å². The number of hydrogen-bond acceptors (Lipinski definition) is 11. The highest BCUT2D eigenvalue weighted by Crippen LogP contribution is 2.47. The SMILES string of the molecule is CC/C=C\C/C=C\C/C=C\C/C=C\C/C=C\CCOCC(COP(=O)(O)OC1C(O)C(O)C(O)C(O)C1O)OC(=O)CCCCCCCCCCCCCCCCCCCC. The van der Waals surface area contributed by atoms with Gasteiger partial charge in [-0.2, -0.15) is 0 Å². The number of aliphatic hydroxyl groups is 5. The van der Waals surface area contributed by atoms with Crippen molar-refractivity contribution in [2.75, 3.05) is 19.8 Å². The molecule has 0 aromatic heterocycles. The second-order valence-electron chi connectivity index (χ2n) is 16.2. The van der Waals surface area contributed by atoms with Crippen LogP contribution in [0, 0.1) is 0 Å². The molecule has 12 nitrogen and oxygen atoms in total. The van der Waals surface area contributed by atoms with Gasteiger partial charge in [-0.25, -0.2) is 4.57 Å². The van der Waals surface area contributed by atoms with Gasteiger partial charge in [0.25, 0.3) is 0 Å². The number of ether oxygens (including phenoxy) is 2. The Hall–Kier alpha value is -1.96. The van der Waals surface area contributed by atoms with Crippen molar-refractivity contribution < 1.29 is 58.3 Å². The second-order valence-corrected chi connectivity index (χ2v) is 17.6. The van der Waals surface area contributed by atoms with Crippen LogP contribution >= 0.6 is 7.82 Å². The smallest absolute Gasteiger partial charge is 0.457 e. The van der Waals surface area contributed by atoms with Crippen molar-refractivity contribution >= 4 is 13.8 Å². The molecule has 0 aromatic carbocycles. The Morgan fingerprint density at radius 2 is 0.934 bits per heavy atom. The van der Waals surface area contributed by atoms with Gasteiger partial charge in [0.2, 0.25) is 0 Å². The average molecular weight is 885 g/mol. The van der Waals surface area contributed by atoms with Gasteiger partial charge in [0.15, 0.2) is 0 Å². The molecule has 1 aliphatic carbocycles. The molecule has 0 spiro atoms. The van der Waals surface area contributed by atoms with Crippen LogP contribution < -0.4 is 0 Å². The zero-order chi connectivity index (χ0) is 44.8. The summed E-state index contributed by atoms with van der Waals surface area (Å²) in [5.41, 5.74) is 0. The second kappa shape index (κ2) is 38.5. The van der Waals surface area contributed by atoms with E-state index in [0.717, 1.165) is 51.4 Å². The fraction of sp³-hybridized carbons (Fsp3) is 0.771. The van der Waals surface area contributed by atoms with Gasteiger partial charge in [-0.1, -0.05) is 184 Å². The molecule has 1 fully saturated rings.